The number of hydrogen-bond acceptors (Lipinski definition) is 3. The summed E-state index contributed by atoms with van der Waals surface area (Å²) in [5, 5.41) is 8.21. The van der Waals surface area contributed by atoms with Gasteiger partial charge in [-0.15, -0.1) is 0 Å². The summed E-state index contributed by atoms with van der Waals surface area (Å²) < 4.78 is 1.85. The second-order valence-corrected chi connectivity index (χ2v) is 4.13. The van der Waals surface area contributed by atoms with Crippen molar-refractivity contribution in [1.29, 1.82) is 0 Å². The van der Waals surface area contributed by atoms with Crippen LogP contribution in [-0.2, 0) is 6.54 Å². The number of likely N-dealkylation sites (N-methyl/N-ethyl adjacent to an activating group) is 1. The molecule has 0 fully saturated rings. The number of rotatable bonds is 8. The number of hydrogen-bond donors (Lipinski definition) is 1. The highest BCUT2D eigenvalue weighted by Gasteiger charge is 1.98. The van der Waals surface area contributed by atoms with E-state index in [1.165, 1.54) is 0 Å². The predicted molar refractivity (Wildman–Crippen MR) is 67.9 cm³/mol. The van der Waals surface area contributed by atoms with Crippen LogP contribution in [0.1, 0.15) is 13.8 Å². The summed E-state index contributed by atoms with van der Waals surface area (Å²) in [5.41, 5.74) is 0. The summed E-state index contributed by atoms with van der Waals surface area (Å²) in [7, 11) is 0. The average Bonchev–Trinajstić information content (AvgIpc) is 2.70. The van der Waals surface area contributed by atoms with Crippen molar-refractivity contribution >= 4 is 11.6 Å². The molecule has 16 heavy (non-hydrogen) atoms. The molecule has 92 valence electrons. The molecule has 0 bridgehead atoms. The molecule has 0 spiro atoms. The van der Waals surface area contributed by atoms with Gasteiger partial charge in [-0.25, -0.2) is 0 Å². The Labute approximate surface area is 103 Å². The van der Waals surface area contributed by atoms with Crippen LogP contribution in [0.5, 0.6) is 0 Å². The predicted octanol–water partition coefficient (Wildman–Crippen LogP) is 1.47. The van der Waals surface area contributed by atoms with E-state index < -0.39 is 0 Å². The Balaban J connectivity index is 2.04. The van der Waals surface area contributed by atoms with Crippen molar-refractivity contribution in [1.82, 2.24) is 20.0 Å². The molecular formula is C11H21ClN4. The molecule has 0 saturated carbocycles. The van der Waals surface area contributed by atoms with Crippen LogP contribution in [0.4, 0.5) is 0 Å². The number of halogens is 1. The van der Waals surface area contributed by atoms with Crippen LogP contribution in [0, 0.1) is 0 Å². The van der Waals surface area contributed by atoms with Gasteiger partial charge in [0, 0.05) is 25.8 Å². The third-order valence-electron chi connectivity index (χ3n) is 2.62. The highest BCUT2D eigenvalue weighted by Crippen LogP contribution is 2.03. The van der Waals surface area contributed by atoms with Gasteiger partial charge in [0.2, 0.25) is 0 Å². The van der Waals surface area contributed by atoms with Crippen LogP contribution in [-0.4, -0.2) is 47.4 Å². The third kappa shape index (κ3) is 4.96. The van der Waals surface area contributed by atoms with Gasteiger partial charge in [0.25, 0.3) is 0 Å². The number of nitrogens with one attached hydrogen (secondary N) is 1. The standard InChI is InChI=1S/C11H21ClN4/c1-3-15(4-2)7-5-13-6-8-16-10-11(12)9-14-16/h9-10,13H,3-8H2,1-2H3. The fraction of sp³-hybridized carbons (Fsp3) is 0.727. The van der Waals surface area contributed by atoms with Crippen molar-refractivity contribution < 1.29 is 0 Å². The van der Waals surface area contributed by atoms with Crippen molar-refractivity contribution in [2.24, 2.45) is 0 Å². The first-order valence-corrected chi connectivity index (χ1v) is 6.25. The summed E-state index contributed by atoms with van der Waals surface area (Å²) in [4.78, 5) is 2.40. The van der Waals surface area contributed by atoms with E-state index in [2.05, 4.69) is 29.2 Å². The second-order valence-electron chi connectivity index (χ2n) is 3.70. The minimum absolute atomic E-state index is 0.697. The Morgan fingerprint density at radius 2 is 2.12 bits per heavy atom. The van der Waals surface area contributed by atoms with Gasteiger partial charge in [-0.3, -0.25) is 4.68 Å². The zero-order valence-corrected chi connectivity index (χ0v) is 10.9. The Hall–Kier alpha value is -0.580. The van der Waals surface area contributed by atoms with Gasteiger partial charge >= 0.3 is 0 Å². The van der Waals surface area contributed by atoms with Gasteiger partial charge in [0.05, 0.1) is 17.8 Å². The Bertz CT molecular complexity index is 283. The number of aromatic nitrogens is 2. The highest BCUT2D eigenvalue weighted by atomic mass is 35.5. The Morgan fingerprint density at radius 1 is 1.38 bits per heavy atom. The Morgan fingerprint density at radius 3 is 2.69 bits per heavy atom. The van der Waals surface area contributed by atoms with Gasteiger partial charge in [-0.1, -0.05) is 25.4 Å². The van der Waals surface area contributed by atoms with E-state index in [1.807, 2.05) is 10.9 Å². The molecule has 1 N–H and O–H groups in total. The van der Waals surface area contributed by atoms with Crippen LogP contribution < -0.4 is 5.32 Å². The van der Waals surface area contributed by atoms with Crippen molar-refractivity contribution in [3.05, 3.63) is 17.4 Å². The molecular weight excluding hydrogens is 224 g/mol. The summed E-state index contributed by atoms with van der Waals surface area (Å²) in [5.74, 6) is 0. The lowest BCUT2D eigenvalue weighted by atomic mass is 10.4. The molecule has 1 aromatic rings. The van der Waals surface area contributed by atoms with E-state index in [9.17, 15) is 0 Å². The lowest BCUT2D eigenvalue weighted by Crippen LogP contribution is -2.33. The van der Waals surface area contributed by atoms with Crippen LogP contribution in [0.25, 0.3) is 0 Å². The molecule has 5 heteroatoms. The van der Waals surface area contributed by atoms with Crippen LogP contribution in [0.2, 0.25) is 5.02 Å². The van der Waals surface area contributed by atoms with Crippen molar-refractivity contribution in [3.8, 4) is 0 Å². The largest absolute Gasteiger partial charge is 0.314 e. The topological polar surface area (TPSA) is 33.1 Å². The maximum Gasteiger partial charge on any atom is 0.0785 e. The second kappa shape index (κ2) is 7.65. The maximum atomic E-state index is 5.77. The normalized spacial score (nSPS) is 11.2. The maximum absolute atomic E-state index is 5.77. The summed E-state index contributed by atoms with van der Waals surface area (Å²) in [6.07, 6.45) is 3.51. The molecule has 0 aliphatic heterocycles. The van der Waals surface area contributed by atoms with Crippen LogP contribution in [0.15, 0.2) is 12.4 Å². The van der Waals surface area contributed by atoms with E-state index >= 15 is 0 Å². The van der Waals surface area contributed by atoms with E-state index in [1.54, 1.807) is 6.20 Å². The summed E-state index contributed by atoms with van der Waals surface area (Å²) in [6.45, 7) is 10.5. The lowest BCUT2D eigenvalue weighted by Gasteiger charge is -2.17. The molecule has 0 aromatic carbocycles. The molecule has 0 aliphatic rings. The van der Waals surface area contributed by atoms with E-state index in [0.29, 0.717) is 5.02 Å². The van der Waals surface area contributed by atoms with Crippen molar-refractivity contribution in [2.75, 3.05) is 32.7 Å². The Kier molecular flexibility index (Phi) is 6.45. The van der Waals surface area contributed by atoms with Crippen LogP contribution in [0.3, 0.4) is 0 Å². The first-order chi connectivity index (χ1) is 7.76. The quantitative estimate of drug-likeness (QED) is 0.703. The molecule has 0 unspecified atom stereocenters. The molecule has 0 amide bonds. The van der Waals surface area contributed by atoms with Crippen LogP contribution >= 0.6 is 11.6 Å². The van der Waals surface area contributed by atoms with E-state index in [-0.39, 0.29) is 0 Å². The van der Waals surface area contributed by atoms with Gasteiger partial charge in [-0.2, -0.15) is 5.10 Å². The monoisotopic (exact) mass is 244 g/mol. The first-order valence-electron chi connectivity index (χ1n) is 5.87. The average molecular weight is 245 g/mol. The fourth-order valence-corrected chi connectivity index (χ4v) is 1.71. The minimum atomic E-state index is 0.697. The fourth-order valence-electron chi connectivity index (χ4n) is 1.56. The molecule has 0 aliphatic carbocycles. The molecule has 0 radical (unpaired) electrons. The van der Waals surface area contributed by atoms with E-state index in [0.717, 1.165) is 39.3 Å². The lowest BCUT2D eigenvalue weighted by molar-refractivity contribution is 0.301. The molecule has 4 nitrogen and oxygen atoms in total. The van der Waals surface area contributed by atoms with Gasteiger partial charge in [0.1, 0.15) is 0 Å². The molecule has 1 aromatic heterocycles. The zero-order valence-electron chi connectivity index (χ0n) is 10.1. The molecule has 1 heterocycles. The summed E-state index contributed by atoms with van der Waals surface area (Å²) >= 11 is 5.77. The van der Waals surface area contributed by atoms with Crippen molar-refractivity contribution in [2.45, 2.75) is 20.4 Å². The third-order valence-corrected chi connectivity index (χ3v) is 2.81. The van der Waals surface area contributed by atoms with E-state index in [4.69, 9.17) is 11.6 Å². The van der Waals surface area contributed by atoms with Gasteiger partial charge in [0.15, 0.2) is 0 Å². The molecule has 0 atom stereocenters. The highest BCUT2D eigenvalue weighted by molar-refractivity contribution is 6.30. The minimum Gasteiger partial charge on any atom is -0.314 e. The van der Waals surface area contributed by atoms with Crippen molar-refractivity contribution in [3.63, 3.8) is 0 Å². The zero-order chi connectivity index (χ0) is 11.8. The summed E-state index contributed by atoms with van der Waals surface area (Å²) in [6, 6.07) is 0. The van der Waals surface area contributed by atoms with Gasteiger partial charge in [-0.05, 0) is 13.1 Å². The molecule has 1 rings (SSSR count). The smallest absolute Gasteiger partial charge is 0.0785 e. The SMILES string of the molecule is CCN(CC)CCNCCn1cc(Cl)cn1. The molecule has 0 saturated heterocycles. The number of nitrogens with zero attached hydrogens (tertiary/aromatic N) is 3. The first kappa shape index (κ1) is 13.5. The van der Waals surface area contributed by atoms with Gasteiger partial charge < -0.3 is 10.2 Å².